The summed E-state index contributed by atoms with van der Waals surface area (Å²) in [7, 11) is 1.81. The lowest BCUT2D eigenvalue weighted by molar-refractivity contribution is 0.550. The summed E-state index contributed by atoms with van der Waals surface area (Å²) in [6, 6.07) is 3.70. The van der Waals surface area contributed by atoms with E-state index >= 15 is 0 Å². The summed E-state index contributed by atoms with van der Waals surface area (Å²) in [5.41, 5.74) is 0.578. The number of hydrogen-bond donors (Lipinski definition) is 1. The van der Waals surface area contributed by atoms with E-state index in [0.717, 1.165) is 0 Å². The first kappa shape index (κ1) is 6.78. The minimum Gasteiger partial charge on any atom is -0.301 e. The van der Waals surface area contributed by atoms with E-state index in [4.69, 9.17) is 5.26 Å². The Morgan fingerprint density at radius 2 is 2.70 bits per heavy atom. The minimum absolute atomic E-state index is 0.578. The Kier molecular flexibility index (Phi) is 2.03. The van der Waals surface area contributed by atoms with Crippen LogP contribution in [-0.2, 0) is 6.67 Å². The van der Waals surface area contributed by atoms with E-state index in [1.165, 1.54) is 0 Å². The van der Waals surface area contributed by atoms with Crippen LogP contribution in [0.25, 0.3) is 0 Å². The highest BCUT2D eigenvalue weighted by Gasteiger charge is 1.96. The molecule has 0 bridgehead atoms. The Hall–Kier alpha value is -1.34. The van der Waals surface area contributed by atoms with Crippen LogP contribution in [0.2, 0.25) is 0 Å². The molecule has 0 aliphatic carbocycles. The summed E-state index contributed by atoms with van der Waals surface area (Å²) in [6.07, 6.45) is 1.61. The first-order valence-electron chi connectivity index (χ1n) is 2.95. The molecule has 0 fully saturated rings. The van der Waals surface area contributed by atoms with Gasteiger partial charge in [-0.25, -0.2) is 4.68 Å². The molecule has 1 rings (SSSR count). The highest BCUT2D eigenvalue weighted by molar-refractivity contribution is 5.17. The Morgan fingerprint density at radius 3 is 3.30 bits per heavy atom. The Bertz CT molecular complexity index is 244. The van der Waals surface area contributed by atoms with Gasteiger partial charge in [-0.2, -0.15) is 10.4 Å². The number of aromatic nitrogens is 2. The van der Waals surface area contributed by atoms with E-state index in [9.17, 15) is 0 Å². The van der Waals surface area contributed by atoms with Gasteiger partial charge in [0.2, 0.25) is 0 Å². The van der Waals surface area contributed by atoms with Crippen LogP contribution in [0.5, 0.6) is 0 Å². The van der Waals surface area contributed by atoms with Gasteiger partial charge in [0.25, 0.3) is 0 Å². The molecule has 0 saturated carbocycles. The van der Waals surface area contributed by atoms with Crippen molar-refractivity contribution in [2.45, 2.75) is 6.67 Å². The Labute approximate surface area is 59.1 Å². The van der Waals surface area contributed by atoms with E-state index in [-0.39, 0.29) is 0 Å². The predicted octanol–water partition coefficient (Wildman–Crippen LogP) is -0.0683. The molecule has 0 atom stereocenters. The zero-order valence-electron chi connectivity index (χ0n) is 5.70. The van der Waals surface area contributed by atoms with Crippen LogP contribution in [0.15, 0.2) is 12.3 Å². The van der Waals surface area contributed by atoms with Crippen molar-refractivity contribution >= 4 is 0 Å². The molecule has 1 aromatic heterocycles. The average molecular weight is 136 g/mol. The van der Waals surface area contributed by atoms with Crippen molar-refractivity contribution < 1.29 is 0 Å². The lowest BCUT2D eigenvalue weighted by atomic mass is 10.5. The molecule has 52 valence electrons. The molecule has 0 spiro atoms. The summed E-state index contributed by atoms with van der Waals surface area (Å²) < 4.78 is 1.60. The molecule has 0 aromatic carbocycles. The van der Waals surface area contributed by atoms with E-state index in [2.05, 4.69) is 10.4 Å². The third-order valence-corrected chi connectivity index (χ3v) is 1.14. The van der Waals surface area contributed by atoms with E-state index in [0.29, 0.717) is 12.4 Å². The van der Waals surface area contributed by atoms with E-state index < -0.39 is 0 Å². The van der Waals surface area contributed by atoms with Crippen LogP contribution in [0.3, 0.4) is 0 Å². The maximum atomic E-state index is 8.50. The molecule has 0 saturated heterocycles. The van der Waals surface area contributed by atoms with Gasteiger partial charge in [-0.15, -0.1) is 0 Å². The van der Waals surface area contributed by atoms with Gasteiger partial charge in [-0.1, -0.05) is 0 Å². The summed E-state index contributed by atoms with van der Waals surface area (Å²) in [6.45, 7) is 0.579. The van der Waals surface area contributed by atoms with Gasteiger partial charge in [0.15, 0.2) is 0 Å². The molecule has 4 heteroatoms. The van der Waals surface area contributed by atoms with Gasteiger partial charge in [-0.05, 0) is 13.1 Å². The summed E-state index contributed by atoms with van der Waals surface area (Å²) in [4.78, 5) is 0. The number of rotatable bonds is 2. The van der Waals surface area contributed by atoms with Crippen LogP contribution in [0.1, 0.15) is 5.69 Å². The van der Waals surface area contributed by atoms with Gasteiger partial charge >= 0.3 is 0 Å². The fourth-order valence-electron chi connectivity index (χ4n) is 0.703. The van der Waals surface area contributed by atoms with Crippen molar-refractivity contribution in [3.05, 3.63) is 18.0 Å². The quantitative estimate of drug-likeness (QED) is 0.619. The van der Waals surface area contributed by atoms with Crippen LogP contribution < -0.4 is 5.32 Å². The lowest BCUT2D eigenvalue weighted by Crippen LogP contribution is -2.15. The number of hydrogen-bond acceptors (Lipinski definition) is 3. The molecule has 0 aliphatic heterocycles. The minimum atomic E-state index is 0.578. The third-order valence-electron chi connectivity index (χ3n) is 1.14. The summed E-state index contributed by atoms with van der Waals surface area (Å²) >= 11 is 0. The molecule has 10 heavy (non-hydrogen) atoms. The molecule has 0 amide bonds. The van der Waals surface area contributed by atoms with Crippen molar-refractivity contribution in [3.63, 3.8) is 0 Å². The van der Waals surface area contributed by atoms with Crippen molar-refractivity contribution in [1.82, 2.24) is 15.1 Å². The van der Waals surface area contributed by atoms with Gasteiger partial charge in [0.05, 0.1) is 12.9 Å². The van der Waals surface area contributed by atoms with Gasteiger partial charge in [0.1, 0.15) is 11.8 Å². The second kappa shape index (κ2) is 2.99. The van der Waals surface area contributed by atoms with Gasteiger partial charge < -0.3 is 5.32 Å². The summed E-state index contributed by atoms with van der Waals surface area (Å²) in [5, 5.41) is 15.3. The topological polar surface area (TPSA) is 53.6 Å². The molecular formula is C6H8N4. The normalized spacial score (nSPS) is 9.20. The van der Waals surface area contributed by atoms with Crippen molar-refractivity contribution in [1.29, 1.82) is 5.26 Å². The average Bonchev–Trinajstić information content (AvgIpc) is 2.36. The fraction of sp³-hybridized carbons (Fsp3) is 0.333. The smallest absolute Gasteiger partial charge is 0.140 e. The molecule has 0 unspecified atom stereocenters. The first-order chi connectivity index (χ1) is 4.88. The molecule has 0 radical (unpaired) electrons. The molecule has 1 N–H and O–H groups in total. The van der Waals surface area contributed by atoms with E-state index in [1.807, 2.05) is 13.1 Å². The van der Waals surface area contributed by atoms with Crippen LogP contribution in [0, 0.1) is 11.3 Å². The highest BCUT2D eigenvalue weighted by atomic mass is 15.3. The van der Waals surface area contributed by atoms with E-state index in [1.54, 1.807) is 16.9 Å². The zero-order chi connectivity index (χ0) is 7.40. The van der Waals surface area contributed by atoms with Gasteiger partial charge in [-0.3, -0.25) is 0 Å². The molecule has 1 heterocycles. The van der Waals surface area contributed by atoms with Crippen LogP contribution in [0.4, 0.5) is 0 Å². The predicted molar refractivity (Wildman–Crippen MR) is 36.0 cm³/mol. The van der Waals surface area contributed by atoms with Gasteiger partial charge in [0, 0.05) is 0 Å². The van der Waals surface area contributed by atoms with Crippen molar-refractivity contribution in [2.24, 2.45) is 0 Å². The largest absolute Gasteiger partial charge is 0.301 e. The monoisotopic (exact) mass is 136 g/mol. The molecule has 1 aromatic rings. The lowest BCUT2D eigenvalue weighted by Gasteiger charge is -1.98. The number of nitrogens with one attached hydrogen (secondary N) is 1. The third kappa shape index (κ3) is 1.14. The Balaban J connectivity index is 2.82. The Morgan fingerprint density at radius 1 is 1.90 bits per heavy atom. The van der Waals surface area contributed by atoms with Crippen LogP contribution >= 0.6 is 0 Å². The fourth-order valence-corrected chi connectivity index (χ4v) is 0.703. The second-order valence-electron chi connectivity index (χ2n) is 1.84. The van der Waals surface area contributed by atoms with Crippen LogP contribution in [-0.4, -0.2) is 16.8 Å². The number of nitrogens with zero attached hydrogens (tertiary/aromatic N) is 3. The molecular weight excluding hydrogens is 128 g/mol. The standard InChI is InChI=1S/C6H8N4/c1-8-5-10-6(4-7)2-3-9-10/h2-3,8H,5H2,1H3. The van der Waals surface area contributed by atoms with Crippen molar-refractivity contribution in [3.8, 4) is 6.07 Å². The maximum absolute atomic E-state index is 8.50. The number of nitriles is 1. The first-order valence-corrected chi connectivity index (χ1v) is 2.95. The second-order valence-corrected chi connectivity index (χ2v) is 1.84. The maximum Gasteiger partial charge on any atom is 0.140 e. The zero-order valence-corrected chi connectivity index (χ0v) is 5.70. The molecule has 4 nitrogen and oxygen atoms in total. The molecule has 0 aliphatic rings. The summed E-state index contributed by atoms with van der Waals surface area (Å²) in [5.74, 6) is 0. The highest BCUT2D eigenvalue weighted by Crippen LogP contribution is 1.93. The van der Waals surface area contributed by atoms with Crippen molar-refractivity contribution in [2.75, 3.05) is 7.05 Å². The SMILES string of the molecule is CNCn1nccc1C#N.